The van der Waals surface area contributed by atoms with Crippen LogP contribution in [0.5, 0.6) is 0 Å². The number of hydrogen-bond donors (Lipinski definition) is 2. The molecule has 0 spiro atoms. The molecule has 0 heterocycles. The number of carbonyl (C=O) groups is 2. The van der Waals surface area contributed by atoms with E-state index in [1.165, 1.54) is 6.92 Å². The minimum Gasteiger partial charge on any atom is -0.326 e. The van der Waals surface area contributed by atoms with Gasteiger partial charge in [0.1, 0.15) is 5.41 Å². The van der Waals surface area contributed by atoms with Crippen molar-refractivity contribution in [1.82, 2.24) is 0 Å². The van der Waals surface area contributed by atoms with E-state index in [0.29, 0.717) is 24.2 Å². The van der Waals surface area contributed by atoms with Gasteiger partial charge in [-0.15, -0.1) is 0 Å². The van der Waals surface area contributed by atoms with Crippen molar-refractivity contribution in [3.8, 4) is 6.07 Å². The maximum absolute atomic E-state index is 12.2. The fourth-order valence-corrected chi connectivity index (χ4v) is 1.87. The van der Waals surface area contributed by atoms with Crippen molar-refractivity contribution in [2.24, 2.45) is 5.41 Å². The lowest BCUT2D eigenvalue weighted by molar-refractivity contribution is -0.123. The fraction of sp³-hybridized carbons (Fsp3) is 0.400. The first kappa shape index (κ1) is 15.7. The van der Waals surface area contributed by atoms with Crippen LogP contribution in [-0.2, 0) is 9.59 Å². The largest absolute Gasteiger partial charge is 0.326 e. The number of hydrogen-bond acceptors (Lipinski definition) is 3. The van der Waals surface area contributed by atoms with Gasteiger partial charge in [-0.25, -0.2) is 0 Å². The van der Waals surface area contributed by atoms with E-state index in [1.807, 2.05) is 13.8 Å². The molecular weight excluding hydrogens is 254 g/mol. The summed E-state index contributed by atoms with van der Waals surface area (Å²) in [5, 5.41) is 14.6. The maximum atomic E-state index is 12.2. The number of anilines is 2. The SMILES string of the molecule is CCC(C#N)(CC)C(=O)Nc1ccc(NC(C)=O)cc1. The highest BCUT2D eigenvalue weighted by Gasteiger charge is 2.34. The summed E-state index contributed by atoms with van der Waals surface area (Å²) in [6, 6.07) is 8.88. The normalized spacial score (nSPS) is 10.5. The summed E-state index contributed by atoms with van der Waals surface area (Å²) in [4.78, 5) is 23.1. The zero-order valence-corrected chi connectivity index (χ0v) is 12.0. The van der Waals surface area contributed by atoms with Crippen molar-refractivity contribution < 1.29 is 9.59 Å². The number of nitrogens with one attached hydrogen (secondary N) is 2. The van der Waals surface area contributed by atoms with Crippen LogP contribution < -0.4 is 10.6 Å². The lowest BCUT2D eigenvalue weighted by Gasteiger charge is -2.22. The van der Waals surface area contributed by atoms with Crippen molar-refractivity contribution in [2.45, 2.75) is 33.6 Å². The van der Waals surface area contributed by atoms with Crippen LogP contribution in [0.3, 0.4) is 0 Å². The van der Waals surface area contributed by atoms with Gasteiger partial charge in [0.2, 0.25) is 11.8 Å². The Labute approximate surface area is 119 Å². The second-order valence-electron chi connectivity index (χ2n) is 4.61. The molecular formula is C15H19N3O2. The summed E-state index contributed by atoms with van der Waals surface area (Å²) in [6.45, 7) is 5.08. The van der Waals surface area contributed by atoms with E-state index in [-0.39, 0.29) is 11.8 Å². The third-order valence-corrected chi connectivity index (χ3v) is 3.32. The third-order valence-electron chi connectivity index (χ3n) is 3.32. The summed E-state index contributed by atoms with van der Waals surface area (Å²) >= 11 is 0. The highest BCUT2D eigenvalue weighted by Crippen LogP contribution is 2.27. The number of benzene rings is 1. The van der Waals surface area contributed by atoms with Crippen molar-refractivity contribution >= 4 is 23.2 Å². The summed E-state index contributed by atoms with van der Waals surface area (Å²) < 4.78 is 0. The summed E-state index contributed by atoms with van der Waals surface area (Å²) in [7, 11) is 0. The second-order valence-corrected chi connectivity index (χ2v) is 4.61. The lowest BCUT2D eigenvalue weighted by atomic mass is 9.83. The van der Waals surface area contributed by atoms with E-state index in [0.717, 1.165) is 0 Å². The van der Waals surface area contributed by atoms with E-state index in [1.54, 1.807) is 24.3 Å². The molecule has 5 heteroatoms. The molecule has 0 unspecified atom stereocenters. The van der Waals surface area contributed by atoms with Crippen LogP contribution in [0, 0.1) is 16.7 Å². The molecule has 0 saturated heterocycles. The number of rotatable bonds is 5. The molecule has 1 aromatic rings. The molecule has 0 aliphatic heterocycles. The van der Waals surface area contributed by atoms with Gasteiger partial charge in [-0.2, -0.15) is 5.26 Å². The topological polar surface area (TPSA) is 82.0 Å². The van der Waals surface area contributed by atoms with Crippen molar-refractivity contribution in [3.05, 3.63) is 24.3 Å². The first-order valence-corrected chi connectivity index (χ1v) is 6.57. The molecule has 0 aliphatic rings. The van der Waals surface area contributed by atoms with Crippen molar-refractivity contribution in [3.63, 3.8) is 0 Å². The van der Waals surface area contributed by atoms with Gasteiger partial charge in [-0.05, 0) is 37.1 Å². The molecule has 106 valence electrons. The predicted octanol–water partition coefficient (Wildman–Crippen LogP) is 2.91. The maximum Gasteiger partial charge on any atom is 0.244 e. The molecule has 20 heavy (non-hydrogen) atoms. The first-order chi connectivity index (χ1) is 9.47. The second kappa shape index (κ2) is 6.71. The van der Waals surface area contributed by atoms with Gasteiger partial charge in [-0.1, -0.05) is 13.8 Å². The van der Waals surface area contributed by atoms with E-state index in [9.17, 15) is 14.9 Å². The number of nitriles is 1. The smallest absolute Gasteiger partial charge is 0.244 e. The quantitative estimate of drug-likeness (QED) is 0.865. The van der Waals surface area contributed by atoms with Gasteiger partial charge in [0.05, 0.1) is 6.07 Å². The molecule has 0 aromatic heterocycles. The van der Waals surface area contributed by atoms with E-state index >= 15 is 0 Å². The summed E-state index contributed by atoms with van der Waals surface area (Å²) in [6.07, 6.45) is 0.936. The van der Waals surface area contributed by atoms with Gasteiger partial charge < -0.3 is 10.6 Å². The number of nitrogens with zero attached hydrogens (tertiary/aromatic N) is 1. The van der Waals surface area contributed by atoms with Gasteiger partial charge in [0.25, 0.3) is 0 Å². The highest BCUT2D eigenvalue weighted by atomic mass is 16.2. The lowest BCUT2D eigenvalue weighted by Crippen LogP contribution is -2.33. The molecule has 2 amide bonds. The zero-order chi connectivity index (χ0) is 15.2. The van der Waals surface area contributed by atoms with Crippen LogP contribution in [0.4, 0.5) is 11.4 Å². The van der Waals surface area contributed by atoms with Crippen molar-refractivity contribution in [1.29, 1.82) is 5.26 Å². The van der Waals surface area contributed by atoms with Crippen LogP contribution >= 0.6 is 0 Å². The molecule has 5 nitrogen and oxygen atoms in total. The fourth-order valence-electron chi connectivity index (χ4n) is 1.87. The number of amides is 2. The summed E-state index contributed by atoms with van der Waals surface area (Å²) in [5.74, 6) is -0.445. The third kappa shape index (κ3) is 3.58. The average molecular weight is 273 g/mol. The number of carbonyl (C=O) groups excluding carboxylic acids is 2. The molecule has 2 N–H and O–H groups in total. The highest BCUT2D eigenvalue weighted by molar-refractivity contribution is 5.97. The van der Waals surface area contributed by atoms with Crippen LogP contribution in [0.25, 0.3) is 0 Å². The van der Waals surface area contributed by atoms with E-state index in [2.05, 4.69) is 16.7 Å². The average Bonchev–Trinajstić information content (AvgIpc) is 2.43. The molecule has 0 atom stereocenters. The Morgan fingerprint density at radius 3 is 1.90 bits per heavy atom. The molecule has 0 bridgehead atoms. The van der Waals surface area contributed by atoms with Crippen LogP contribution in [-0.4, -0.2) is 11.8 Å². The Hall–Kier alpha value is -2.35. The van der Waals surface area contributed by atoms with Crippen molar-refractivity contribution in [2.75, 3.05) is 10.6 Å². The van der Waals surface area contributed by atoms with Gasteiger partial charge >= 0.3 is 0 Å². The monoisotopic (exact) mass is 273 g/mol. The molecule has 1 rings (SSSR count). The Kier molecular flexibility index (Phi) is 5.27. The molecule has 0 aliphatic carbocycles. The zero-order valence-electron chi connectivity index (χ0n) is 12.0. The van der Waals surface area contributed by atoms with Crippen LogP contribution in [0.2, 0.25) is 0 Å². The Balaban J connectivity index is 2.81. The minimum atomic E-state index is -0.990. The van der Waals surface area contributed by atoms with Crippen LogP contribution in [0.15, 0.2) is 24.3 Å². The van der Waals surface area contributed by atoms with Gasteiger partial charge in [0.15, 0.2) is 0 Å². The Morgan fingerprint density at radius 1 is 1.10 bits per heavy atom. The standard InChI is InChI=1S/C15H19N3O2/c1-4-15(5-2,10-16)14(20)18-13-8-6-12(7-9-13)17-11(3)19/h6-9H,4-5H2,1-3H3,(H,17,19)(H,18,20). The van der Waals surface area contributed by atoms with E-state index < -0.39 is 5.41 Å². The predicted molar refractivity (Wildman–Crippen MR) is 78.0 cm³/mol. The molecule has 0 radical (unpaired) electrons. The molecule has 1 aromatic carbocycles. The van der Waals surface area contributed by atoms with Crippen LogP contribution in [0.1, 0.15) is 33.6 Å². The van der Waals surface area contributed by atoms with Gasteiger partial charge in [-0.3, -0.25) is 9.59 Å². The van der Waals surface area contributed by atoms with E-state index in [4.69, 9.17) is 0 Å². The molecule has 0 saturated carbocycles. The summed E-state index contributed by atoms with van der Waals surface area (Å²) in [5.41, 5.74) is 0.273. The first-order valence-electron chi connectivity index (χ1n) is 6.57. The molecule has 0 fully saturated rings. The Morgan fingerprint density at radius 2 is 1.55 bits per heavy atom. The minimum absolute atomic E-state index is 0.151. The van der Waals surface area contributed by atoms with Gasteiger partial charge in [0, 0.05) is 18.3 Å². The Bertz CT molecular complexity index is 525.